The number of pyridine rings is 1. The number of hydrogen-bond donors (Lipinski definition) is 1. The Morgan fingerprint density at radius 1 is 1.38 bits per heavy atom. The average molecular weight is 326 g/mol. The molecule has 1 aliphatic heterocycles. The molecule has 1 aromatic heterocycles. The molecule has 2 aliphatic rings. The second-order valence-corrected chi connectivity index (χ2v) is 6.52. The van der Waals surface area contributed by atoms with E-state index >= 15 is 0 Å². The Balaban J connectivity index is 2.13. The zero-order valence-corrected chi connectivity index (χ0v) is 14.2. The predicted octanol–water partition coefficient (Wildman–Crippen LogP) is 2.86. The van der Waals surface area contributed by atoms with Gasteiger partial charge >= 0.3 is 5.97 Å². The van der Waals surface area contributed by atoms with Crippen molar-refractivity contribution in [2.45, 2.75) is 45.6 Å². The molecule has 0 amide bonds. The lowest BCUT2D eigenvalue weighted by molar-refractivity contribution is -0.143. The number of allylic oxidation sites excluding steroid dienone is 3. The smallest absolute Gasteiger partial charge is 0.336 e. The fourth-order valence-electron chi connectivity index (χ4n) is 3.48. The van der Waals surface area contributed by atoms with Crippen LogP contribution in [0.4, 0.5) is 0 Å². The number of carbonyl (C=O) groups excluding carboxylic acids is 2. The SMILES string of the molecule is CC1=C(C(=O)OC(C)C)C(c2cccnc2)C2C(=O)CCC=C2N1. The topological polar surface area (TPSA) is 68.3 Å². The summed E-state index contributed by atoms with van der Waals surface area (Å²) in [5, 5.41) is 3.25. The molecule has 5 nitrogen and oxygen atoms in total. The van der Waals surface area contributed by atoms with Gasteiger partial charge < -0.3 is 10.1 Å². The van der Waals surface area contributed by atoms with Crippen LogP contribution >= 0.6 is 0 Å². The highest BCUT2D eigenvalue weighted by Gasteiger charge is 2.43. The second-order valence-electron chi connectivity index (χ2n) is 6.52. The van der Waals surface area contributed by atoms with E-state index in [0.717, 1.165) is 23.4 Å². The molecule has 0 fully saturated rings. The van der Waals surface area contributed by atoms with Crippen molar-refractivity contribution < 1.29 is 14.3 Å². The van der Waals surface area contributed by atoms with Gasteiger partial charge in [0.05, 0.1) is 17.6 Å². The molecule has 3 rings (SSSR count). The van der Waals surface area contributed by atoms with Gasteiger partial charge in [-0.25, -0.2) is 4.79 Å². The summed E-state index contributed by atoms with van der Waals surface area (Å²) < 4.78 is 5.44. The molecular formula is C19H22N2O3. The van der Waals surface area contributed by atoms with Crippen LogP contribution in [0, 0.1) is 5.92 Å². The van der Waals surface area contributed by atoms with Crippen LogP contribution in [0.3, 0.4) is 0 Å². The van der Waals surface area contributed by atoms with E-state index in [1.54, 1.807) is 12.4 Å². The lowest BCUT2D eigenvalue weighted by Gasteiger charge is -2.37. The first-order valence-electron chi connectivity index (χ1n) is 8.30. The van der Waals surface area contributed by atoms with Crippen LogP contribution in [0.2, 0.25) is 0 Å². The number of nitrogens with one attached hydrogen (secondary N) is 1. The Hall–Kier alpha value is -2.43. The molecule has 1 aromatic rings. The molecule has 0 aromatic carbocycles. The minimum Gasteiger partial charge on any atom is -0.460 e. The first-order chi connectivity index (χ1) is 11.5. The van der Waals surface area contributed by atoms with Gasteiger partial charge in [-0.1, -0.05) is 12.1 Å². The summed E-state index contributed by atoms with van der Waals surface area (Å²) in [7, 11) is 0. The molecule has 24 heavy (non-hydrogen) atoms. The van der Waals surface area contributed by atoms with Gasteiger partial charge in [0.15, 0.2) is 0 Å². The van der Waals surface area contributed by atoms with Gasteiger partial charge in [0.25, 0.3) is 0 Å². The molecule has 126 valence electrons. The highest BCUT2D eigenvalue weighted by molar-refractivity contribution is 5.96. The maximum atomic E-state index is 12.7. The van der Waals surface area contributed by atoms with Crippen LogP contribution in [0.15, 0.2) is 47.6 Å². The molecule has 1 aliphatic carbocycles. The van der Waals surface area contributed by atoms with Crippen molar-refractivity contribution in [2.75, 3.05) is 0 Å². The largest absolute Gasteiger partial charge is 0.460 e. The molecule has 2 unspecified atom stereocenters. The van der Waals surface area contributed by atoms with Crippen LogP contribution in [-0.4, -0.2) is 22.8 Å². The summed E-state index contributed by atoms with van der Waals surface area (Å²) in [6, 6.07) is 3.74. The van der Waals surface area contributed by atoms with E-state index in [1.807, 2.05) is 32.9 Å². The van der Waals surface area contributed by atoms with Crippen LogP contribution in [0.5, 0.6) is 0 Å². The zero-order valence-electron chi connectivity index (χ0n) is 14.2. The van der Waals surface area contributed by atoms with Gasteiger partial charge in [-0.2, -0.15) is 0 Å². The standard InChI is InChI=1S/C19H22N2O3/c1-11(2)24-19(23)16-12(3)21-14-7-4-8-15(22)18(14)17(16)13-6-5-9-20-10-13/h5-7,9-11,17-18,21H,4,8H2,1-3H3. The van der Waals surface area contributed by atoms with Gasteiger partial charge in [-0.05, 0) is 38.8 Å². The summed E-state index contributed by atoms with van der Waals surface area (Å²) in [5.74, 6) is -0.955. The maximum Gasteiger partial charge on any atom is 0.336 e. The fraction of sp³-hybridized carbons (Fsp3) is 0.421. The van der Waals surface area contributed by atoms with E-state index in [9.17, 15) is 9.59 Å². The first-order valence-corrected chi connectivity index (χ1v) is 8.30. The predicted molar refractivity (Wildman–Crippen MR) is 89.9 cm³/mol. The summed E-state index contributed by atoms with van der Waals surface area (Å²) in [4.78, 5) is 29.5. The third kappa shape index (κ3) is 2.98. The number of ether oxygens (including phenoxy) is 1. The van der Waals surface area contributed by atoms with Gasteiger partial charge in [-0.15, -0.1) is 0 Å². The van der Waals surface area contributed by atoms with Crippen molar-refractivity contribution in [3.63, 3.8) is 0 Å². The number of hydrogen-bond acceptors (Lipinski definition) is 5. The van der Waals surface area contributed by atoms with Crippen LogP contribution < -0.4 is 5.32 Å². The average Bonchev–Trinajstić information content (AvgIpc) is 2.53. The van der Waals surface area contributed by atoms with E-state index < -0.39 is 0 Å². The minimum absolute atomic E-state index is 0.149. The van der Waals surface area contributed by atoms with Crippen LogP contribution in [-0.2, 0) is 14.3 Å². The van der Waals surface area contributed by atoms with Gasteiger partial charge in [-0.3, -0.25) is 9.78 Å². The van der Waals surface area contributed by atoms with E-state index in [0.29, 0.717) is 12.0 Å². The quantitative estimate of drug-likeness (QED) is 0.865. The van der Waals surface area contributed by atoms with E-state index in [2.05, 4.69) is 16.4 Å². The van der Waals surface area contributed by atoms with Gasteiger partial charge in [0.1, 0.15) is 5.78 Å². The Bertz CT molecular complexity index is 719. The maximum absolute atomic E-state index is 12.7. The Kier molecular flexibility index (Phi) is 4.51. The second kappa shape index (κ2) is 6.59. The number of carbonyl (C=O) groups is 2. The molecule has 0 radical (unpaired) electrons. The van der Waals surface area contributed by atoms with E-state index in [4.69, 9.17) is 4.74 Å². The number of aromatic nitrogens is 1. The van der Waals surface area contributed by atoms with Crippen molar-refractivity contribution in [1.29, 1.82) is 0 Å². The van der Waals surface area contributed by atoms with Gasteiger partial charge in [0.2, 0.25) is 0 Å². The fourth-order valence-corrected chi connectivity index (χ4v) is 3.48. The summed E-state index contributed by atoms with van der Waals surface area (Å²) in [5.41, 5.74) is 3.01. The minimum atomic E-state index is -0.374. The van der Waals surface area contributed by atoms with Crippen molar-refractivity contribution in [3.8, 4) is 0 Å². The molecule has 0 bridgehead atoms. The van der Waals surface area contributed by atoms with Crippen molar-refractivity contribution in [2.24, 2.45) is 5.92 Å². The van der Waals surface area contributed by atoms with Crippen LogP contribution in [0.25, 0.3) is 0 Å². The Labute approximate surface area is 141 Å². The highest BCUT2D eigenvalue weighted by atomic mass is 16.5. The van der Waals surface area contributed by atoms with E-state index in [-0.39, 0.29) is 29.7 Å². The van der Waals surface area contributed by atoms with Crippen molar-refractivity contribution in [3.05, 3.63) is 53.1 Å². The normalized spacial score (nSPS) is 23.5. The molecule has 2 heterocycles. The summed E-state index contributed by atoms with van der Waals surface area (Å²) in [6.07, 6.45) is 6.49. The van der Waals surface area contributed by atoms with E-state index in [1.165, 1.54) is 0 Å². The number of rotatable bonds is 3. The molecule has 0 saturated carbocycles. The van der Waals surface area contributed by atoms with Gasteiger partial charge in [0, 0.05) is 36.1 Å². The summed E-state index contributed by atoms with van der Waals surface area (Å²) >= 11 is 0. The van der Waals surface area contributed by atoms with Crippen LogP contribution in [0.1, 0.15) is 45.1 Å². The monoisotopic (exact) mass is 326 g/mol. The third-order valence-electron chi connectivity index (χ3n) is 4.42. The first kappa shape index (κ1) is 16.4. The number of fused-ring (bicyclic) bond motifs is 1. The Morgan fingerprint density at radius 2 is 2.17 bits per heavy atom. The highest BCUT2D eigenvalue weighted by Crippen LogP contribution is 2.43. The summed E-state index contributed by atoms with van der Waals surface area (Å²) in [6.45, 7) is 5.50. The Morgan fingerprint density at radius 3 is 2.83 bits per heavy atom. The molecule has 0 saturated heterocycles. The molecule has 0 spiro atoms. The third-order valence-corrected chi connectivity index (χ3v) is 4.42. The molecule has 2 atom stereocenters. The molecule has 1 N–H and O–H groups in total. The lowest BCUT2D eigenvalue weighted by Crippen LogP contribution is -2.41. The molecular weight excluding hydrogens is 304 g/mol. The number of ketones is 1. The number of nitrogens with zero attached hydrogens (tertiary/aromatic N) is 1. The van der Waals surface area contributed by atoms with Crippen molar-refractivity contribution >= 4 is 11.8 Å². The number of esters is 1. The molecule has 5 heteroatoms. The van der Waals surface area contributed by atoms with Crippen molar-refractivity contribution in [1.82, 2.24) is 10.3 Å². The number of Topliss-reactive ketones (excluding diaryl/α,β-unsaturated/α-hetero) is 1. The lowest BCUT2D eigenvalue weighted by atomic mass is 9.71. The zero-order chi connectivity index (χ0) is 17.3.